The number of nitrogens with one attached hydrogen (secondary N) is 2. The Morgan fingerprint density at radius 3 is 1.54 bits per heavy atom. The van der Waals surface area contributed by atoms with Gasteiger partial charge in [0.25, 0.3) is 0 Å². The van der Waals surface area contributed by atoms with Crippen molar-refractivity contribution < 1.29 is 19.1 Å². The second kappa shape index (κ2) is 14.1. The zero-order valence-electron chi connectivity index (χ0n) is 24.4. The molecule has 35 heavy (non-hydrogen) atoms. The molecule has 2 N–H and O–H groups in total. The van der Waals surface area contributed by atoms with Crippen molar-refractivity contribution in [2.24, 2.45) is 0 Å². The van der Waals surface area contributed by atoms with Crippen LogP contribution < -0.4 is 10.6 Å². The maximum atomic E-state index is 12.0. The van der Waals surface area contributed by atoms with Crippen LogP contribution in [0.25, 0.3) is 0 Å². The molecule has 0 amide bonds. The van der Waals surface area contributed by atoms with Gasteiger partial charge in [0.2, 0.25) is 0 Å². The molecule has 0 spiro atoms. The summed E-state index contributed by atoms with van der Waals surface area (Å²) in [5, 5.41) is 7.22. The number of rotatable bonds is 11. The lowest BCUT2D eigenvalue weighted by Gasteiger charge is -2.46. The van der Waals surface area contributed by atoms with Gasteiger partial charge in [0.15, 0.2) is 0 Å². The summed E-state index contributed by atoms with van der Waals surface area (Å²) in [6.07, 6.45) is 13.0. The zero-order valence-corrected chi connectivity index (χ0v) is 24.4. The number of esters is 1. The van der Waals surface area contributed by atoms with Crippen LogP contribution in [0.5, 0.6) is 0 Å². The topological polar surface area (TPSA) is 76.7 Å². The van der Waals surface area contributed by atoms with Gasteiger partial charge >= 0.3 is 5.97 Å². The number of aldehydes is 1. The van der Waals surface area contributed by atoms with E-state index in [0.29, 0.717) is 18.9 Å². The number of methoxy groups -OCH3 is 1. The Morgan fingerprint density at radius 2 is 1.11 bits per heavy atom. The Hall–Kier alpha value is -0.980. The normalized spacial score (nSPS) is 23.1. The number of carbonyl (C=O) groups excluding carboxylic acids is 2. The minimum absolute atomic E-state index is 0.00815. The molecule has 2 heterocycles. The van der Waals surface area contributed by atoms with Crippen molar-refractivity contribution >= 4 is 12.3 Å². The Morgan fingerprint density at radius 1 is 0.714 bits per heavy atom. The average Bonchev–Trinajstić information content (AvgIpc) is 2.65. The molecule has 0 aromatic heterocycles. The molecule has 6 nitrogen and oxygen atoms in total. The van der Waals surface area contributed by atoms with Gasteiger partial charge in [-0.2, -0.15) is 0 Å². The van der Waals surface area contributed by atoms with E-state index in [2.05, 4.69) is 66.0 Å². The fourth-order valence-electron chi connectivity index (χ4n) is 6.16. The highest BCUT2D eigenvalue weighted by atomic mass is 16.5. The molecule has 206 valence electrons. The lowest BCUT2D eigenvalue weighted by molar-refractivity contribution is -0.153. The second-order valence-electron chi connectivity index (χ2n) is 13.4. The third-order valence-electron chi connectivity index (χ3n) is 6.89. The van der Waals surface area contributed by atoms with E-state index in [1.807, 2.05) is 7.11 Å². The minimum Gasteiger partial charge on any atom is -0.462 e. The first-order chi connectivity index (χ1) is 16.1. The van der Waals surface area contributed by atoms with E-state index in [9.17, 15) is 9.59 Å². The van der Waals surface area contributed by atoms with Gasteiger partial charge in [0.05, 0.1) is 6.10 Å². The van der Waals surface area contributed by atoms with Crippen molar-refractivity contribution in [1.82, 2.24) is 10.6 Å². The number of ether oxygens (including phenoxy) is 2. The largest absolute Gasteiger partial charge is 0.462 e. The summed E-state index contributed by atoms with van der Waals surface area (Å²) in [6.45, 7) is 17.6. The van der Waals surface area contributed by atoms with Crippen LogP contribution in [0, 0.1) is 0 Å². The van der Waals surface area contributed by atoms with E-state index in [1.54, 1.807) is 0 Å². The van der Waals surface area contributed by atoms with E-state index in [0.717, 1.165) is 70.5 Å². The highest BCUT2D eigenvalue weighted by Gasteiger charge is 2.39. The molecule has 2 saturated heterocycles. The number of hydrogen-bond donors (Lipinski definition) is 2. The van der Waals surface area contributed by atoms with E-state index in [4.69, 9.17) is 9.47 Å². The predicted molar refractivity (Wildman–Crippen MR) is 145 cm³/mol. The van der Waals surface area contributed by atoms with Gasteiger partial charge in [0.1, 0.15) is 12.4 Å². The van der Waals surface area contributed by atoms with Crippen molar-refractivity contribution in [3.05, 3.63) is 0 Å². The summed E-state index contributed by atoms with van der Waals surface area (Å²) in [6, 6.07) is 0. The van der Waals surface area contributed by atoms with Crippen LogP contribution >= 0.6 is 0 Å². The molecule has 0 radical (unpaired) electrons. The summed E-state index contributed by atoms with van der Waals surface area (Å²) in [7, 11) is 1.81. The lowest BCUT2D eigenvalue weighted by atomic mass is 9.81. The van der Waals surface area contributed by atoms with Crippen molar-refractivity contribution in [3.63, 3.8) is 0 Å². The number of piperidine rings is 2. The Kier molecular flexibility index (Phi) is 12.9. The third kappa shape index (κ3) is 14.4. The van der Waals surface area contributed by atoms with Gasteiger partial charge in [-0.3, -0.25) is 4.79 Å². The monoisotopic (exact) mass is 496 g/mol. The van der Waals surface area contributed by atoms with Crippen LogP contribution in [0.1, 0.15) is 132 Å². The molecule has 0 atom stereocenters. The third-order valence-corrected chi connectivity index (χ3v) is 6.89. The van der Waals surface area contributed by atoms with Crippen LogP contribution in [0.4, 0.5) is 0 Å². The van der Waals surface area contributed by atoms with Crippen molar-refractivity contribution in [1.29, 1.82) is 0 Å². The van der Waals surface area contributed by atoms with Crippen LogP contribution in [0.2, 0.25) is 0 Å². The average molecular weight is 497 g/mol. The lowest BCUT2D eigenvalue weighted by Crippen LogP contribution is -2.59. The van der Waals surface area contributed by atoms with Gasteiger partial charge in [0, 0.05) is 54.9 Å². The molecular formula is C29H56N2O4. The summed E-state index contributed by atoms with van der Waals surface area (Å²) in [5.74, 6) is -0.0514. The number of carbonyl (C=O) groups is 2. The molecular weight excluding hydrogens is 440 g/mol. The molecule has 0 aliphatic carbocycles. The molecule has 2 aliphatic rings. The second-order valence-corrected chi connectivity index (χ2v) is 13.4. The fraction of sp³-hybridized carbons (Fsp3) is 0.931. The first-order valence-electron chi connectivity index (χ1n) is 13.8. The molecule has 6 heteroatoms. The molecule has 0 aromatic rings. The van der Waals surface area contributed by atoms with Gasteiger partial charge in [-0.15, -0.1) is 0 Å². The van der Waals surface area contributed by atoms with Crippen LogP contribution in [-0.2, 0) is 19.1 Å². The molecule has 2 fully saturated rings. The van der Waals surface area contributed by atoms with Crippen LogP contribution in [0.3, 0.4) is 0 Å². The maximum absolute atomic E-state index is 12.0. The molecule has 2 rings (SSSR count). The first-order valence-corrected chi connectivity index (χ1v) is 13.8. The fourth-order valence-corrected chi connectivity index (χ4v) is 6.16. The van der Waals surface area contributed by atoms with Crippen molar-refractivity contribution in [2.45, 2.75) is 167 Å². The number of unbranched alkanes of at least 4 members (excludes halogenated alkanes) is 6. The van der Waals surface area contributed by atoms with Crippen molar-refractivity contribution in [2.75, 3.05) is 7.11 Å². The van der Waals surface area contributed by atoms with Crippen LogP contribution in [-0.4, -0.2) is 53.7 Å². The molecule has 2 aliphatic heterocycles. The molecule has 0 aromatic carbocycles. The maximum Gasteiger partial charge on any atom is 0.306 e. The van der Waals surface area contributed by atoms with Gasteiger partial charge in [-0.05, 0) is 81.1 Å². The Balaban J connectivity index is 0.000000427. The van der Waals surface area contributed by atoms with Gasteiger partial charge in [-0.25, -0.2) is 0 Å². The van der Waals surface area contributed by atoms with Crippen LogP contribution in [0.15, 0.2) is 0 Å². The number of hydrogen-bond acceptors (Lipinski definition) is 6. The molecule has 0 saturated carbocycles. The quantitative estimate of drug-likeness (QED) is 0.204. The SMILES string of the molecule is CC1(C)CC(OC(=O)CCCCCCCCC=O)CC(C)(C)N1.COC1CC(C)(C)NC(C)(C)C1. The van der Waals surface area contributed by atoms with Crippen molar-refractivity contribution in [3.8, 4) is 0 Å². The van der Waals surface area contributed by atoms with Gasteiger partial charge < -0.3 is 24.9 Å². The highest BCUT2D eigenvalue weighted by molar-refractivity contribution is 5.69. The summed E-state index contributed by atoms with van der Waals surface area (Å²) >= 11 is 0. The summed E-state index contributed by atoms with van der Waals surface area (Å²) < 4.78 is 11.1. The minimum atomic E-state index is -0.0514. The Labute approximate surface area is 216 Å². The van der Waals surface area contributed by atoms with E-state index in [-0.39, 0.29) is 34.2 Å². The highest BCUT2D eigenvalue weighted by Crippen LogP contribution is 2.31. The predicted octanol–water partition coefficient (Wildman–Crippen LogP) is 6.10. The van der Waals surface area contributed by atoms with E-state index in [1.165, 1.54) is 0 Å². The summed E-state index contributed by atoms with van der Waals surface area (Å²) in [5.41, 5.74) is 0.438. The van der Waals surface area contributed by atoms with E-state index < -0.39 is 0 Å². The Bertz CT molecular complexity index is 611. The molecule has 0 unspecified atom stereocenters. The first kappa shape index (κ1) is 32.0. The smallest absolute Gasteiger partial charge is 0.306 e. The summed E-state index contributed by atoms with van der Waals surface area (Å²) in [4.78, 5) is 22.2. The van der Waals surface area contributed by atoms with Gasteiger partial charge in [-0.1, -0.05) is 25.7 Å². The standard InChI is InChI=1S/C19H35NO3.C10H21NO/c1-18(2)14-16(15-19(3,4)20-18)23-17(22)12-10-8-6-5-7-9-11-13-21;1-9(2)6-8(12-5)7-10(3,4)11-9/h13,16,20H,5-12,14-15H2,1-4H3;8,11H,6-7H2,1-5H3. The van der Waals surface area contributed by atoms with E-state index >= 15 is 0 Å². The zero-order chi connectivity index (χ0) is 26.8. The molecule has 0 bridgehead atoms.